The van der Waals surface area contributed by atoms with Gasteiger partial charge in [0.15, 0.2) is 0 Å². The molecule has 2 rings (SSSR count). The van der Waals surface area contributed by atoms with E-state index in [0.717, 1.165) is 12.0 Å². The zero-order valence-corrected chi connectivity index (χ0v) is 14.9. The molecule has 2 amide bonds. The fourth-order valence-corrected chi connectivity index (χ4v) is 3.31. The van der Waals surface area contributed by atoms with E-state index in [0.29, 0.717) is 31.5 Å². The van der Waals surface area contributed by atoms with Crippen molar-refractivity contribution in [3.63, 3.8) is 0 Å². The molecule has 2 unspecified atom stereocenters. The van der Waals surface area contributed by atoms with E-state index in [1.165, 1.54) is 0 Å². The molecule has 0 spiro atoms. The number of alkyl halides is 3. The highest BCUT2D eigenvalue weighted by Gasteiger charge is 2.42. The van der Waals surface area contributed by atoms with Crippen LogP contribution in [0.3, 0.4) is 0 Å². The molecule has 0 aromatic heterocycles. The molecule has 0 saturated heterocycles. The summed E-state index contributed by atoms with van der Waals surface area (Å²) in [5.74, 6) is -1.33. The monoisotopic (exact) mass is 367 g/mol. The number of nitrogens with zero attached hydrogens (tertiary/aromatic N) is 2. The highest BCUT2D eigenvalue weighted by molar-refractivity contribution is 5.74. The number of nitrogens with one attached hydrogen (secondary N) is 1. The van der Waals surface area contributed by atoms with Gasteiger partial charge in [-0.3, -0.25) is 0 Å². The molecule has 1 fully saturated rings. The predicted octanol–water partition coefficient (Wildman–Crippen LogP) is 4.60. The van der Waals surface area contributed by atoms with Crippen LogP contribution in [0.1, 0.15) is 50.2 Å². The van der Waals surface area contributed by atoms with Crippen LogP contribution >= 0.6 is 0 Å². The summed E-state index contributed by atoms with van der Waals surface area (Å²) in [5.41, 5.74) is 1.42. The summed E-state index contributed by atoms with van der Waals surface area (Å²) in [4.78, 5) is 14.2. The lowest BCUT2D eigenvalue weighted by molar-refractivity contribution is -0.183. The number of benzene rings is 1. The van der Waals surface area contributed by atoms with Crippen LogP contribution in [0.25, 0.3) is 0 Å². The minimum absolute atomic E-state index is 0.0495. The third-order valence-electron chi connectivity index (χ3n) is 4.70. The summed E-state index contributed by atoms with van der Waals surface area (Å²) in [6, 6.07) is 8.22. The number of urea groups is 1. The zero-order chi connectivity index (χ0) is 19.2. The van der Waals surface area contributed by atoms with Gasteiger partial charge in [0, 0.05) is 19.1 Å². The Morgan fingerprint density at radius 3 is 2.58 bits per heavy atom. The summed E-state index contributed by atoms with van der Waals surface area (Å²) in [6.07, 6.45) is -2.31. The molecular weight excluding hydrogens is 343 g/mol. The first-order valence-electron chi connectivity index (χ1n) is 8.94. The maximum absolute atomic E-state index is 12.9. The minimum Gasteiger partial charge on any atom is -0.335 e. The predicted molar refractivity (Wildman–Crippen MR) is 92.2 cm³/mol. The van der Waals surface area contributed by atoms with E-state index in [1.54, 1.807) is 29.2 Å². The van der Waals surface area contributed by atoms with Crippen molar-refractivity contribution in [1.29, 1.82) is 5.26 Å². The normalized spacial score (nSPS) is 20.3. The van der Waals surface area contributed by atoms with Gasteiger partial charge in [0.25, 0.3) is 0 Å². The molecular formula is C19H24F3N3O. The van der Waals surface area contributed by atoms with Gasteiger partial charge in [-0.25, -0.2) is 4.79 Å². The third kappa shape index (κ3) is 5.65. The van der Waals surface area contributed by atoms with Crippen molar-refractivity contribution < 1.29 is 18.0 Å². The Morgan fingerprint density at radius 1 is 1.31 bits per heavy atom. The number of hydrogen-bond acceptors (Lipinski definition) is 2. The fraction of sp³-hybridized carbons (Fsp3) is 0.579. The maximum Gasteiger partial charge on any atom is 0.391 e. The lowest BCUT2D eigenvalue weighted by Gasteiger charge is -2.33. The smallest absolute Gasteiger partial charge is 0.335 e. The van der Waals surface area contributed by atoms with E-state index >= 15 is 0 Å². The Hall–Kier alpha value is -2.23. The van der Waals surface area contributed by atoms with Gasteiger partial charge in [0.05, 0.1) is 17.6 Å². The molecule has 2 atom stereocenters. The number of carbonyl (C=O) groups excluding carboxylic acids is 1. The standard InChI is InChI=1S/C19H24F3N3O/c1-2-10-25(13-15-8-6-14(12-23)7-9-15)18(26)24-17-5-3-4-16(11-17)19(20,21)22/h6-9,16-17H,2-5,10-11,13H2,1H3,(H,24,26). The largest absolute Gasteiger partial charge is 0.391 e. The van der Waals surface area contributed by atoms with Crippen LogP contribution in [0.4, 0.5) is 18.0 Å². The lowest BCUT2D eigenvalue weighted by Crippen LogP contribution is -2.47. The highest BCUT2D eigenvalue weighted by atomic mass is 19.4. The van der Waals surface area contributed by atoms with Crippen molar-refractivity contribution in [3.8, 4) is 6.07 Å². The van der Waals surface area contributed by atoms with Crippen molar-refractivity contribution in [2.24, 2.45) is 5.92 Å². The molecule has 1 N–H and O–H groups in total. The molecule has 1 saturated carbocycles. The SMILES string of the molecule is CCCN(Cc1ccc(C#N)cc1)C(=O)NC1CCCC(C(F)(F)F)C1. The Morgan fingerprint density at radius 2 is 2.00 bits per heavy atom. The number of carbonyl (C=O) groups is 1. The fourth-order valence-electron chi connectivity index (χ4n) is 3.31. The van der Waals surface area contributed by atoms with Gasteiger partial charge in [-0.2, -0.15) is 18.4 Å². The molecule has 0 heterocycles. The van der Waals surface area contributed by atoms with E-state index in [1.807, 2.05) is 13.0 Å². The van der Waals surface area contributed by atoms with Gasteiger partial charge >= 0.3 is 12.2 Å². The molecule has 4 nitrogen and oxygen atoms in total. The minimum atomic E-state index is -4.20. The Labute approximate surface area is 152 Å². The van der Waals surface area contributed by atoms with Gasteiger partial charge in [-0.15, -0.1) is 0 Å². The second-order valence-electron chi connectivity index (χ2n) is 6.78. The zero-order valence-electron chi connectivity index (χ0n) is 14.9. The van der Waals surface area contributed by atoms with Crippen molar-refractivity contribution in [2.45, 2.75) is 57.8 Å². The number of amides is 2. The van der Waals surface area contributed by atoms with Crippen molar-refractivity contribution in [3.05, 3.63) is 35.4 Å². The molecule has 0 radical (unpaired) electrons. The average molecular weight is 367 g/mol. The van der Waals surface area contributed by atoms with Crippen LogP contribution in [0, 0.1) is 17.2 Å². The Bertz CT molecular complexity index is 637. The quantitative estimate of drug-likeness (QED) is 0.827. The molecule has 142 valence electrons. The van der Waals surface area contributed by atoms with Gasteiger partial charge in [0.1, 0.15) is 0 Å². The van der Waals surface area contributed by atoms with Crippen LogP contribution in [-0.2, 0) is 6.54 Å². The number of hydrogen-bond donors (Lipinski definition) is 1. The van der Waals surface area contributed by atoms with Crippen molar-refractivity contribution in [1.82, 2.24) is 10.2 Å². The number of nitriles is 1. The first kappa shape index (κ1) is 20.1. The van der Waals surface area contributed by atoms with Crippen molar-refractivity contribution >= 4 is 6.03 Å². The third-order valence-corrected chi connectivity index (χ3v) is 4.70. The first-order valence-corrected chi connectivity index (χ1v) is 8.94. The highest BCUT2D eigenvalue weighted by Crippen LogP contribution is 2.37. The van der Waals surface area contributed by atoms with E-state index < -0.39 is 18.1 Å². The van der Waals surface area contributed by atoms with E-state index in [2.05, 4.69) is 5.32 Å². The van der Waals surface area contributed by atoms with Crippen LogP contribution in [0.5, 0.6) is 0 Å². The molecule has 1 aliphatic rings. The topological polar surface area (TPSA) is 56.1 Å². The molecule has 0 bridgehead atoms. The molecule has 1 aromatic rings. The molecule has 0 aliphatic heterocycles. The summed E-state index contributed by atoms with van der Waals surface area (Å²) in [5, 5.41) is 11.6. The summed E-state index contributed by atoms with van der Waals surface area (Å²) >= 11 is 0. The molecule has 26 heavy (non-hydrogen) atoms. The van der Waals surface area contributed by atoms with Crippen LogP contribution in [0.2, 0.25) is 0 Å². The molecule has 1 aliphatic carbocycles. The van der Waals surface area contributed by atoms with Crippen LogP contribution < -0.4 is 5.32 Å². The van der Waals surface area contributed by atoms with Crippen LogP contribution in [0.15, 0.2) is 24.3 Å². The van der Waals surface area contributed by atoms with Crippen molar-refractivity contribution in [2.75, 3.05) is 6.54 Å². The lowest BCUT2D eigenvalue weighted by atomic mass is 9.85. The second-order valence-corrected chi connectivity index (χ2v) is 6.78. The first-order chi connectivity index (χ1) is 12.3. The van der Waals surface area contributed by atoms with Gasteiger partial charge in [-0.1, -0.05) is 25.5 Å². The molecule has 7 heteroatoms. The van der Waals surface area contributed by atoms with Gasteiger partial charge in [-0.05, 0) is 43.4 Å². The Kier molecular flexibility index (Phi) is 6.90. The number of halogens is 3. The van der Waals surface area contributed by atoms with E-state index in [-0.39, 0.29) is 18.9 Å². The summed E-state index contributed by atoms with van der Waals surface area (Å²) in [7, 11) is 0. The van der Waals surface area contributed by atoms with E-state index in [9.17, 15) is 18.0 Å². The van der Waals surface area contributed by atoms with E-state index in [4.69, 9.17) is 5.26 Å². The molecule has 1 aromatic carbocycles. The Balaban J connectivity index is 1.97. The summed E-state index contributed by atoms with van der Waals surface area (Å²) < 4.78 is 38.8. The summed E-state index contributed by atoms with van der Waals surface area (Å²) in [6.45, 7) is 2.82. The van der Waals surface area contributed by atoms with Gasteiger partial charge < -0.3 is 10.2 Å². The van der Waals surface area contributed by atoms with Gasteiger partial charge in [0.2, 0.25) is 0 Å². The second kappa shape index (κ2) is 8.93. The maximum atomic E-state index is 12.9. The average Bonchev–Trinajstić information content (AvgIpc) is 2.61. The van der Waals surface area contributed by atoms with Crippen LogP contribution in [-0.4, -0.2) is 29.7 Å². The number of rotatable bonds is 5.